The molecule has 0 aliphatic heterocycles. The maximum Gasteiger partial charge on any atom is 0.362 e. The summed E-state index contributed by atoms with van der Waals surface area (Å²) in [6.45, 7) is 4.45. The van der Waals surface area contributed by atoms with Gasteiger partial charge >= 0.3 is 17.9 Å². The van der Waals surface area contributed by atoms with Gasteiger partial charge in [-0.1, -0.05) is 150 Å². The van der Waals surface area contributed by atoms with Crippen molar-refractivity contribution in [3.8, 4) is 0 Å². The van der Waals surface area contributed by atoms with Crippen LogP contribution in [0.2, 0.25) is 0 Å². The predicted octanol–water partition coefficient (Wildman–Crippen LogP) is 13.1. The van der Waals surface area contributed by atoms with Crippen LogP contribution >= 0.6 is 0 Å². The van der Waals surface area contributed by atoms with Gasteiger partial charge < -0.3 is 23.8 Å². The van der Waals surface area contributed by atoms with Crippen LogP contribution in [0.5, 0.6) is 0 Å². The molecule has 1 N–H and O–H groups in total. The lowest BCUT2D eigenvalue weighted by Gasteiger charge is -2.31. The van der Waals surface area contributed by atoms with Gasteiger partial charge in [-0.3, -0.25) is 9.59 Å². The highest BCUT2D eigenvalue weighted by atomic mass is 16.6. The normalized spacial score (nSPS) is 13.8. The molecule has 0 rings (SSSR count). The van der Waals surface area contributed by atoms with Crippen LogP contribution < -0.4 is 0 Å². The molecule has 0 aromatic carbocycles. The van der Waals surface area contributed by atoms with E-state index in [9.17, 15) is 19.5 Å². The fraction of sp³-hybridized carbons (Fsp3) is 0.635. The molecule has 0 saturated carbocycles. The Morgan fingerprint density at radius 1 is 0.500 bits per heavy atom. The van der Waals surface area contributed by atoms with Crippen molar-refractivity contribution in [2.45, 2.75) is 174 Å². The highest BCUT2D eigenvalue weighted by Crippen LogP contribution is 2.13. The first-order valence-corrected chi connectivity index (χ1v) is 23.3. The Kier molecular flexibility index (Phi) is 39.3. The van der Waals surface area contributed by atoms with Gasteiger partial charge in [0.05, 0.1) is 34.4 Å². The molecule has 0 aromatic rings. The van der Waals surface area contributed by atoms with Gasteiger partial charge in [-0.05, 0) is 89.9 Å². The number of allylic oxidation sites excluding steroid dienone is 16. The predicted molar refractivity (Wildman–Crippen MR) is 252 cm³/mol. The maximum atomic E-state index is 12.8. The Labute approximate surface area is 366 Å². The van der Waals surface area contributed by atoms with Crippen molar-refractivity contribution >= 4 is 17.9 Å². The Bertz CT molecular complexity index is 1300. The van der Waals surface area contributed by atoms with E-state index in [0.717, 1.165) is 116 Å². The molecule has 0 heterocycles. The van der Waals surface area contributed by atoms with Gasteiger partial charge in [0.25, 0.3) is 0 Å². The molecule has 0 amide bonds. The Balaban J connectivity index is 4.38. The third-order valence-corrected chi connectivity index (χ3v) is 9.73. The van der Waals surface area contributed by atoms with Crippen molar-refractivity contribution in [1.82, 2.24) is 0 Å². The number of carbonyl (C=O) groups is 3. The Morgan fingerprint density at radius 2 is 0.883 bits per heavy atom. The number of carboxylic acid groups (broad SMARTS) is 1. The van der Waals surface area contributed by atoms with Crippen molar-refractivity contribution < 1.29 is 38.2 Å². The lowest BCUT2D eigenvalue weighted by Crippen LogP contribution is -2.50. The smallest absolute Gasteiger partial charge is 0.362 e. The minimum absolute atomic E-state index is 0.0413. The van der Waals surface area contributed by atoms with Crippen molar-refractivity contribution in [2.75, 3.05) is 41.0 Å². The van der Waals surface area contributed by atoms with Crippen LogP contribution in [0.25, 0.3) is 0 Å². The number of rotatable bonds is 40. The maximum absolute atomic E-state index is 12.8. The van der Waals surface area contributed by atoms with E-state index in [1.807, 2.05) is 21.1 Å². The first-order chi connectivity index (χ1) is 29.1. The zero-order chi connectivity index (χ0) is 44.2. The van der Waals surface area contributed by atoms with Crippen molar-refractivity contribution in [2.24, 2.45) is 0 Å². The van der Waals surface area contributed by atoms with E-state index in [1.54, 1.807) is 0 Å². The number of aliphatic carboxylic acids is 1. The minimum atomic E-state index is -0.885. The van der Waals surface area contributed by atoms with Crippen molar-refractivity contribution in [3.63, 3.8) is 0 Å². The highest BCUT2D eigenvalue weighted by Gasteiger charge is 2.31. The van der Waals surface area contributed by atoms with Gasteiger partial charge in [0.15, 0.2) is 12.1 Å². The molecular formula is C52H86NO7+. The second-order valence-corrected chi connectivity index (χ2v) is 16.2. The molecule has 60 heavy (non-hydrogen) atoms. The summed E-state index contributed by atoms with van der Waals surface area (Å²) in [5, 5.41) is 9.63. The number of carbonyl (C=O) groups excluding carboxylic acids is 2. The summed E-state index contributed by atoms with van der Waals surface area (Å²) in [5.74, 6) is -1.53. The summed E-state index contributed by atoms with van der Waals surface area (Å²) < 4.78 is 17.3. The summed E-state index contributed by atoms with van der Waals surface area (Å²) in [5.41, 5.74) is 0. The zero-order valence-electron chi connectivity index (χ0n) is 38.6. The lowest BCUT2D eigenvalue weighted by atomic mass is 10.1. The summed E-state index contributed by atoms with van der Waals surface area (Å²) in [6, 6.07) is -0.627. The monoisotopic (exact) mass is 837 g/mol. The molecule has 0 radical (unpaired) electrons. The van der Waals surface area contributed by atoms with Crippen LogP contribution in [-0.4, -0.2) is 80.6 Å². The van der Waals surface area contributed by atoms with Gasteiger partial charge in [0, 0.05) is 19.3 Å². The van der Waals surface area contributed by atoms with Crippen LogP contribution in [0.15, 0.2) is 97.2 Å². The fourth-order valence-corrected chi connectivity index (χ4v) is 6.19. The topological polar surface area (TPSA) is 99.1 Å². The summed E-state index contributed by atoms with van der Waals surface area (Å²) in [4.78, 5) is 37.0. The molecule has 8 nitrogen and oxygen atoms in total. The third kappa shape index (κ3) is 39.7. The molecule has 0 aromatic heterocycles. The Morgan fingerprint density at radius 3 is 1.30 bits per heavy atom. The van der Waals surface area contributed by atoms with E-state index in [2.05, 4.69) is 111 Å². The number of unbranched alkanes of at least 4 members (excludes halogenated alkanes) is 10. The van der Waals surface area contributed by atoms with Crippen LogP contribution in [-0.2, 0) is 28.6 Å². The van der Waals surface area contributed by atoms with Crippen LogP contribution in [0.3, 0.4) is 0 Å². The summed E-state index contributed by atoms with van der Waals surface area (Å²) in [7, 11) is 5.50. The third-order valence-electron chi connectivity index (χ3n) is 9.73. The number of likely N-dealkylation sites (N-methyl/N-ethyl adjacent to an activating group) is 1. The van der Waals surface area contributed by atoms with E-state index < -0.39 is 18.1 Å². The van der Waals surface area contributed by atoms with Crippen LogP contribution in [0.4, 0.5) is 0 Å². The molecule has 2 unspecified atom stereocenters. The van der Waals surface area contributed by atoms with Gasteiger partial charge in [0.1, 0.15) is 6.61 Å². The SMILES string of the molecule is CC/C=C/C/C=C/C/C=C/C/C=C/C/C=C/CCCCCCCCC(=O)OC(COCCC(C(=O)O)[N+](C)(C)C)COC(=O)CCCCCC/C=C/C/C=C/C/C=C/CC. The molecule has 0 bridgehead atoms. The van der Waals surface area contributed by atoms with Gasteiger partial charge in [-0.2, -0.15) is 0 Å². The van der Waals surface area contributed by atoms with E-state index in [-0.39, 0.29) is 36.2 Å². The molecule has 0 aliphatic carbocycles. The second-order valence-electron chi connectivity index (χ2n) is 16.2. The van der Waals surface area contributed by atoms with E-state index in [1.165, 1.54) is 12.8 Å². The average molecular weight is 837 g/mol. The van der Waals surface area contributed by atoms with Crippen molar-refractivity contribution in [3.05, 3.63) is 97.2 Å². The number of hydrogen-bond acceptors (Lipinski definition) is 6. The molecule has 0 fully saturated rings. The number of quaternary nitrogens is 1. The van der Waals surface area contributed by atoms with Crippen LogP contribution in [0, 0.1) is 0 Å². The largest absolute Gasteiger partial charge is 0.477 e. The lowest BCUT2D eigenvalue weighted by molar-refractivity contribution is -0.887. The quantitative estimate of drug-likeness (QED) is 0.0284. The number of carboxylic acids is 1. The first kappa shape index (κ1) is 56.2. The highest BCUT2D eigenvalue weighted by molar-refractivity contribution is 5.72. The average Bonchev–Trinajstić information content (AvgIpc) is 3.21. The van der Waals surface area contributed by atoms with Gasteiger partial charge in [-0.15, -0.1) is 0 Å². The van der Waals surface area contributed by atoms with Gasteiger partial charge in [0.2, 0.25) is 0 Å². The molecule has 2 atom stereocenters. The molecule has 8 heteroatoms. The summed E-state index contributed by atoms with van der Waals surface area (Å²) >= 11 is 0. The molecule has 0 spiro atoms. The fourth-order valence-electron chi connectivity index (χ4n) is 6.19. The number of ether oxygens (including phenoxy) is 3. The second kappa shape index (κ2) is 42.0. The summed E-state index contributed by atoms with van der Waals surface area (Å²) in [6.07, 6.45) is 55.9. The standard InChI is InChI=1S/C52H85NO7/c1-6-8-10-12-14-16-18-20-22-23-24-25-26-27-28-29-31-33-35-37-39-41-43-51(55)60-48(46-58-45-44-49(52(56)57)53(3,4)5)47-59-50(54)42-40-38-36-34-32-30-21-19-17-15-13-11-9-7-2/h8-11,14-17,20-22,24-25,27-28,30,48-49H,6-7,12-13,18-19,23,26,29,31-47H2,1-5H3/p+1/b10-8+,11-9+,16-14+,17-15+,22-20+,25-24+,28-27+,30-21+. The Hall–Kier alpha value is -3.75. The van der Waals surface area contributed by atoms with E-state index >= 15 is 0 Å². The molecular weight excluding hydrogens is 751 g/mol. The van der Waals surface area contributed by atoms with Gasteiger partial charge in [-0.25, -0.2) is 4.79 Å². The molecule has 340 valence electrons. The minimum Gasteiger partial charge on any atom is -0.477 e. The van der Waals surface area contributed by atoms with E-state index in [0.29, 0.717) is 19.3 Å². The number of esters is 2. The van der Waals surface area contributed by atoms with Crippen molar-refractivity contribution in [1.29, 1.82) is 0 Å². The number of nitrogens with zero attached hydrogens (tertiary/aromatic N) is 1. The van der Waals surface area contributed by atoms with E-state index in [4.69, 9.17) is 14.2 Å². The first-order valence-electron chi connectivity index (χ1n) is 23.3. The zero-order valence-corrected chi connectivity index (χ0v) is 38.6. The number of hydrogen-bond donors (Lipinski definition) is 1. The van der Waals surface area contributed by atoms with Crippen LogP contribution in [0.1, 0.15) is 162 Å². The molecule has 0 aliphatic rings. The molecule has 0 saturated heterocycles.